The van der Waals surface area contributed by atoms with Gasteiger partial charge in [0.2, 0.25) is 0 Å². The summed E-state index contributed by atoms with van der Waals surface area (Å²) in [5.41, 5.74) is 2.68. The van der Waals surface area contributed by atoms with Crippen LogP contribution in [0.5, 0.6) is 0 Å². The molecule has 21 heavy (non-hydrogen) atoms. The van der Waals surface area contributed by atoms with Gasteiger partial charge in [-0.05, 0) is 32.9 Å². The molecule has 6 heteroatoms. The molecule has 0 bridgehead atoms. The molecule has 0 aliphatic heterocycles. The van der Waals surface area contributed by atoms with Crippen molar-refractivity contribution < 1.29 is 4.79 Å². The van der Waals surface area contributed by atoms with Gasteiger partial charge >= 0.3 is 0 Å². The van der Waals surface area contributed by atoms with Gasteiger partial charge in [0.05, 0.1) is 0 Å². The minimum absolute atomic E-state index is 0.0164. The van der Waals surface area contributed by atoms with E-state index < -0.39 is 0 Å². The van der Waals surface area contributed by atoms with E-state index in [1.807, 2.05) is 29.7 Å². The Balaban J connectivity index is 2.32. The van der Waals surface area contributed by atoms with Crippen molar-refractivity contribution in [2.45, 2.75) is 20.8 Å². The number of carbonyl (C=O) groups is 1. The standard InChI is InChI=1S/C15H13ClN4O/c1-8(21)11-5-4-6-12(7-11)20-10(3)19-13-14(16)17-9(2)18-15(13)20/h4-7H,1-3H3. The number of Topliss-reactive ketones (excluding diaryl/α,β-unsaturated/α-hetero) is 1. The van der Waals surface area contributed by atoms with E-state index in [9.17, 15) is 4.79 Å². The Labute approximate surface area is 126 Å². The second-order valence-corrected chi connectivity index (χ2v) is 5.19. The number of hydrogen-bond acceptors (Lipinski definition) is 4. The first-order chi connectivity index (χ1) is 9.97. The van der Waals surface area contributed by atoms with Gasteiger partial charge in [-0.3, -0.25) is 9.36 Å². The number of halogens is 1. The van der Waals surface area contributed by atoms with E-state index in [1.165, 1.54) is 0 Å². The third-order valence-corrected chi connectivity index (χ3v) is 3.52. The second-order valence-electron chi connectivity index (χ2n) is 4.83. The Morgan fingerprint density at radius 3 is 2.67 bits per heavy atom. The van der Waals surface area contributed by atoms with Gasteiger partial charge in [0.15, 0.2) is 16.6 Å². The molecule has 0 saturated heterocycles. The molecular weight excluding hydrogens is 288 g/mol. The van der Waals surface area contributed by atoms with Crippen molar-refractivity contribution in [3.05, 3.63) is 46.6 Å². The topological polar surface area (TPSA) is 60.7 Å². The van der Waals surface area contributed by atoms with Crippen LogP contribution in [-0.2, 0) is 0 Å². The molecule has 3 aromatic rings. The lowest BCUT2D eigenvalue weighted by Crippen LogP contribution is -2.01. The fourth-order valence-corrected chi connectivity index (χ4v) is 2.56. The SMILES string of the molecule is CC(=O)c1cccc(-n2c(C)nc3c(Cl)nc(C)nc32)c1. The highest BCUT2D eigenvalue weighted by molar-refractivity contribution is 6.33. The Bertz CT molecular complexity index is 869. The number of ketones is 1. The van der Waals surface area contributed by atoms with E-state index in [-0.39, 0.29) is 5.78 Å². The van der Waals surface area contributed by atoms with E-state index >= 15 is 0 Å². The fraction of sp³-hybridized carbons (Fsp3) is 0.200. The maximum absolute atomic E-state index is 11.6. The Hall–Kier alpha value is -2.27. The average Bonchev–Trinajstić information content (AvgIpc) is 2.75. The minimum atomic E-state index is 0.0164. The molecule has 0 atom stereocenters. The number of aromatic nitrogens is 4. The van der Waals surface area contributed by atoms with Crippen molar-refractivity contribution in [3.8, 4) is 5.69 Å². The van der Waals surface area contributed by atoms with Gasteiger partial charge in [-0.15, -0.1) is 0 Å². The summed E-state index contributed by atoms with van der Waals surface area (Å²) in [6.45, 7) is 5.19. The predicted octanol–water partition coefficient (Wildman–Crippen LogP) is 3.29. The maximum atomic E-state index is 11.6. The van der Waals surface area contributed by atoms with Gasteiger partial charge in [-0.25, -0.2) is 15.0 Å². The summed E-state index contributed by atoms with van der Waals surface area (Å²) < 4.78 is 1.88. The van der Waals surface area contributed by atoms with Crippen LogP contribution in [0.1, 0.15) is 28.9 Å². The van der Waals surface area contributed by atoms with E-state index in [4.69, 9.17) is 11.6 Å². The second kappa shape index (κ2) is 4.93. The highest BCUT2D eigenvalue weighted by atomic mass is 35.5. The van der Waals surface area contributed by atoms with E-state index in [1.54, 1.807) is 19.9 Å². The van der Waals surface area contributed by atoms with Crippen LogP contribution in [0, 0.1) is 13.8 Å². The zero-order chi connectivity index (χ0) is 15.1. The molecule has 0 aliphatic carbocycles. The highest BCUT2D eigenvalue weighted by Gasteiger charge is 2.15. The number of imidazole rings is 1. The number of benzene rings is 1. The van der Waals surface area contributed by atoms with Crippen LogP contribution in [0.25, 0.3) is 16.9 Å². The van der Waals surface area contributed by atoms with Crippen LogP contribution in [0.2, 0.25) is 5.15 Å². The molecular formula is C15H13ClN4O. The molecule has 2 heterocycles. The van der Waals surface area contributed by atoms with Gasteiger partial charge in [-0.1, -0.05) is 23.7 Å². The van der Waals surface area contributed by atoms with E-state index in [0.29, 0.717) is 27.7 Å². The van der Waals surface area contributed by atoms with Crippen molar-refractivity contribution in [2.24, 2.45) is 0 Å². The Kier molecular flexibility index (Phi) is 3.22. The lowest BCUT2D eigenvalue weighted by molar-refractivity contribution is 0.101. The Morgan fingerprint density at radius 1 is 1.19 bits per heavy atom. The van der Waals surface area contributed by atoms with Crippen LogP contribution in [0.4, 0.5) is 0 Å². The molecule has 0 N–H and O–H groups in total. The molecule has 0 amide bonds. The third-order valence-electron chi connectivity index (χ3n) is 3.25. The van der Waals surface area contributed by atoms with Crippen LogP contribution < -0.4 is 0 Å². The molecule has 3 rings (SSSR count). The fourth-order valence-electron chi connectivity index (χ4n) is 2.31. The molecule has 0 radical (unpaired) electrons. The molecule has 5 nitrogen and oxygen atoms in total. The number of rotatable bonds is 2. The van der Waals surface area contributed by atoms with Gasteiger partial charge in [0.1, 0.15) is 17.2 Å². The quantitative estimate of drug-likeness (QED) is 0.538. The van der Waals surface area contributed by atoms with Crippen molar-refractivity contribution in [1.29, 1.82) is 0 Å². The number of nitrogens with zero attached hydrogens (tertiary/aromatic N) is 4. The largest absolute Gasteiger partial charge is 0.295 e. The van der Waals surface area contributed by atoms with Crippen molar-refractivity contribution in [2.75, 3.05) is 0 Å². The van der Waals surface area contributed by atoms with Crippen LogP contribution in [-0.4, -0.2) is 25.3 Å². The molecule has 0 unspecified atom stereocenters. The lowest BCUT2D eigenvalue weighted by Gasteiger charge is -2.07. The molecule has 1 aromatic carbocycles. The molecule has 0 aliphatic rings. The number of carbonyl (C=O) groups excluding carboxylic acids is 1. The highest BCUT2D eigenvalue weighted by Crippen LogP contribution is 2.24. The summed E-state index contributed by atoms with van der Waals surface area (Å²) in [7, 11) is 0. The first-order valence-electron chi connectivity index (χ1n) is 6.48. The first kappa shape index (κ1) is 13.7. The summed E-state index contributed by atoms with van der Waals surface area (Å²) >= 11 is 6.14. The van der Waals surface area contributed by atoms with E-state index in [0.717, 1.165) is 11.5 Å². The third kappa shape index (κ3) is 2.29. The molecule has 0 fully saturated rings. The van der Waals surface area contributed by atoms with Gasteiger partial charge in [0.25, 0.3) is 0 Å². The lowest BCUT2D eigenvalue weighted by atomic mass is 10.1. The van der Waals surface area contributed by atoms with Crippen molar-refractivity contribution in [1.82, 2.24) is 19.5 Å². The van der Waals surface area contributed by atoms with Crippen molar-refractivity contribution >= 4 is 28.5 Å². The zero-order valence-electron chi connectivity index (χ0n) is 11.9. The monoisotopic (exact) mass is 300 g/mol. The summed E-state index contributed by atoms with van der Waals surface area (Å²) in [4.78, 5) is 24.5. The Morgan fingerprint density at radius 2 is 1.95 bits per heavy atom. The summed E-state index contributed by atoms with van der Waals surface area (Å²) in [5.74, 6) is 1.34. The maximum Gasteiger partial charge on any atom is 0.169 e. The van der Waals surface area contributed by atoms with Crippen LogP contribution in [0.3, 0.4) is 0 Å². The summed E-state index contributed by atoms with van der Waals surface area (Å²) in [6.07, 6.45) is 0. The van der Waals surface area contributed by atoms with Crippen molar-refractivity contribution in [3.63, 3.8) is 0 Å². The molecule has 106 valence electrons. The molecule has 0 saturated carbocycles. The molecule has 0 spiro atoms. The number of fused-ring (bicyclic) bond motifs is 1. The summed E-state index contributed by atoms with van der Waals surface area (Å²) in [5, 5.41) is 0.335. The first-order valence-corrected chi connectivity index (χ1v) is 6.85. The minimum Gasteiger partial charge on any atom is -0.295 e. The average molecular weight is 301 g/mol. The molecule has 2 aromatic heterocycles. The predicted molar refractivity (Wildman–Crippen MR) is 81.1 cm³/mol. The number of hydrogen-bond donors (Lipinski definition) is 0. The zero-order valence-corrected chi connectivity index (χ0v) is 12.6. The normalized spacial score (nSPS) is 11.0. The van der Waals surface area contributed by atoms with Crippen LogP contribution in [0.15, 0.2) is 24.3 Å². The number of aryl methyl sites for hydroxylation is 2. The van der Waals surface area contributed by atoms with Gasteiger partial charge in [0, 0.05) is 11.3 Å². The smallest absolute Gasteiger partial charge is 0.169 e. The van der Waals surface area contributed by atoms with Crippen LogP contribution >= 0.6 is 11.6 Å². The summed E-state index contributed by atoms with van der Waals surface area (Å²) in [6, 6.07) is 7.36. The van der Waals surface area contributed by atoms with Gasteiger partial charge < -0.3 is 0 Å². The van der Waals surface area contributed by atoms with Gasteiger partial charge in [-0.2, -0.15) is 0 Å². The van der Waals surface area contributed by atoms with E-state index in [2.05, 4.69) is 15.0 Å².